The van der Waals surface area contributed by atoms with Crippen molar-refractivity contribution in [1.29, 1.82) is 0 Å². The van der Waals surface area contributed by atoms with Crippen LogP contribution in [-0.4, -0.2) is 59.7 Å². The average molecular weight is 430 g/mol. The summed E-state index contributed by atoms with van der Waals surface area (Å²) in [6.45, 7) is 0.215. The number of thiophene rings is 1. The van der Waals surface area contributed by atoms with Gasteiger partial charge < -0.3 is 24.8 Å². The van der Waals surface area contributed by atoms with Crippen LogP contribution in [0.5, 0.6) is 5.75 Å². The lowest BCUT2D eigenvalue weighted by Gasteiger charge is -2.42. The predicted octanol–water partition coefficient (Wildman–Crippen LogP) is 2.86. The Labute approximate surface area is 177 Å². The summed E-state index contributed by atoms with van der Waals surface area (Å²) in [5.74, 6) is -0.963. The standard InChI is InChI=1S/C21H22N2O6S/c1-23-15-6-5-13(10-19(24)25)29-17(15)11-28-16-7-4-12(9-14(16)21(23)27)22-20(26)18-3-2-8-30-18/h2-4,7-9,13,15,17H,5-6,10-11H2,1H3,(H,22,26)(H,24,25)/t13-,15+,17+/m1/s1. The summed E-state index contributed by atoms with van der Waals surface area (Å²) in [5.41, 5.74) is 0.878. The fraction of sp³-hybridized carbons (Fsp3) is 0.381. The number of carbonyl (C=O) groups is 3. The van der Waals surface area contributed by atoms with E-state index in [4.69, 9.17) is 14.6 Å². The second-order valence-corrected chi connectivity index (χ2v) is 8.36. The Balaban J connectivity index is 1.54. The minimum Gasteiger partial charge on any atom is -0.490 e. The Kier molecular flexibility index (Phi) is 5.74. The molecule has 0 saturated carbocycles. The molecule has 0 radical (unpaired) electrons. The van der Waals surface area contributed by atoms with Gasteiger partial charge in [-0.15, -0.1) is 11.3 Å². The number of hydrogen-bond donors (Lipinski definition) is 2. The van der Waals surface area contributed by atoms with Gasteiger partial charge in [-0.1, -0.05) is 6.07 Å². The second-order valence-electron chi connectivity index (χ2n) is 7.41. The molecule has 1 aromatic carbocycles. The first-order chi connectivity index (χ1) is 14.4. The van der Waals surface area contributed by atoms with E-state index in [1.165, 1.54) is 11.3 Å². The molecule has 2 aromatic rings. The van der Waals surface area contributed by atoms with E-state index in [-0.39, 0.29) is 37.0 Å². The largest absolute Gasteiger partial charge is 0.490 e. The molecule has 0 aliphatic carbocycles. The first kappa shape index (κ1) is 20.4. The van der Waals surface area contributed by atoms with Gasteiger partial charge in [0.15, 0.2) is 0 Å². The highest BCUT2D eigenvalue weighted by Crippen LogP contribution is 2.32. The van der Waals surface area contributed by atoms with Gasteiger partial charge in [-0.3, -0.25) is 14.4 Å². The van der Waals surface area contributed by atoms with E-state index in [1.54, 1.807) is 42.3 Å². The first-order valence-electron chi connectivity index (χ1n) is 9.68. The zero-order valence-electron chi connectivity index (χ0n) is 16.4. The molecular weight excluding hydrogens is 408 g/mol. The number of carbonyl (C=O) groups excluding carboxylic acids is 2. The molecule has 2 aliphatic rings. The summed E-state index contributed by atoms with van der Waals surface area (Å²) in [7, 11) is 1.72. The summed E-state index contributed by atoms with van der Waals surface area (Å²) >= 11 is 1.34. The SMILES string of the molecule is CN1C(=O)c2cc(NC(=O)c3cccs3)ccc2OC[C@@H]2O[C@@H](CC(=O)O)CC[C@@H]21. The molecule has 9 heteroatoms. The lowest BCUT2D eigenvalue weighted by Crippen LogP contribution is -2.53. The number of aliphatic carboxylic acids is 1. The highest BCUT2D eigenvalue weighted by molar-refractivity contribution is 7.12. The van der Waals surface area contributed by atoms with E-state index in [1.807, 2.05) is 5.38 Å². The predicted molar refractivity (Wildman–Crippen MR) is 110 cm³/mol. The van der Waals surface area contributed by atoms with Crippen LogP contribution in [-0.2, 0) is 9.53 Å². The van der Waals surface area contributed by atoms with Crippen molar-refractivity contribution in [3.8, 4) is 5.75 Å². The number of amides is 2. The van der Waals surface area contributed by atoms with E-state index < -0.39 is 12.1 Å². The van der Waals surface area contributed by atoms with Crippen LogP contribution in [0.3, 0.4) is 0 Å². The highest BCUT2D eigenvalue weighted by atomic mass is 32.1. The summed E-state index contributed by atoms with van der Waals surface area (Å²) in [5, 5.41) is 13.7. The molecule has 3 atom stereocenters. The van der Waals surface area contributed by atoms with Gasteiger partial charge in [0.05, 0.1) is 29.0 Å². The van der Waals surface area contributed by atoms with Crippen LogP contribution in [0.1, 0.15) is 39.3 Å². The number of rotatable bonds is 4. The summed E-state index contributed by atoms with van der Waals surface area (Å²) in [6, 6.07) is 8.29. The van der Waals surface area contributed by atoms with Crippen LogP contribution in [0.25, 0.3) is 0 Å². The smallest absolute Gasteiger partial charge is 0.305 e. The molecule has 2 N–H and O–H groups in total. The zero-order valence-corrected chi connectivity index (χ0v) is 17.2. The van der Waals surface area contributed by atoms with E-state index >= 15 is 0 Å². The fourth-order valence-electron chi connectivity index (χ4n) is 3.90. The van der Waals surface area contributed by atoms with Gasteiger partial charge in [0, 0.05) is 12.7 Å². The molecular formula is C21H22N2O6S. The van der Waals surface area contributed by atoms with Gasteiger partial charge >= 0.3 is 5.97 Å². The fourth-order valence-corrected chi connectivity index (χ4v) is 4.52. The number of hydrogen-bond acceptors (Lipinski definition) is 6. The van der Waals surface area contributed by atoms with E-state index in [0.717, 1.165) is 0 Å². The number of fused-ring (bicyclic) bond motifs is 2. The van der Waals surface area contributed by atoms with Crippen molar-refractivity contribution in [3.63, 3.8) is 0 Å². The van der Waals surface area contributed by atoms with Crippen LogP contribution in [0.2, 0.25) is 0 Å². The van der Waals surface area contributed by atoms with Gasteiger partial charge in [-0.05, 0) is 42.5 Å². The molecule has 2 amide bonds. The number of anilines is 1. The van der Waals surface area contributed by atoms with E-state index in [0.29, 0.717) is 34.7 Å². The first-order valence-corrected chi connectivity index (χ1v) is 10.6. The molecule has 4 rings (SSSR count). The van der Waals surface area contributed by atoms with Crippen LogP contribution < -0.4 is 10.1 Å². The number of nitrogens with one attached hydrogen (secondary N) is 1. The van der Waals surface area contributed by atoms with Crippen molar-refractivity contribution >= 4 is 34.8 Å². The van der Waals surface area contributed by atoms with Crippen molar-refractivity contribution in [1.82, 2.24) is 4.90 Å². The van der Waals surface area contributed by atoms with Gasteiger partial charge in [0.1, 0.15) is 18.5 Å². The van der Waals surface area contributed by atoms with Crippen LogP contribution >= 0.6 is 11.3 Å². The molecule has 2 aliphatic heterocycles. The molecule has 158 valence electrons. The minimum absolute atomic E-state index is 0.0647. The number of likely N-dealkylation sites (N-methyl/N-ethyl adjacent to an activating group) is 1. The maximum absolute atomic E-state index is 13.2. The molecule has 0 unspecified atom stereocenters. The minimum atomic E-state index is -0.905. The third-order valence-electron chi connectivity index (χ3n) is 5.42. The molecule has 1 aromatic heterocycles. The third kappa shape index (κ3) is 4.17. The van der Waals surface area contributed by atoms with Gasteiger partial charge in [0.2, 0.25) is 0 Å². The maximum Gasteiger partial charge on any atom is 0.305 e. The number of benzene rings is 1. The maximum atomic E-state index is 13.2. The lowest BCUT2D eigenvalue weighted by atomic mass is 9.94. The average Bonchev–Trinajstić information content (AvgIpc) is 3.26. The van der Waals surface area contributed by atoms with Crippen molar-refractivity contribution in [2.24, 2.45) is 0 Å². The Hall–Kier alpha value is -2.91. The summed E-state index contributed by atoms with van der Waals surface area (Å²) in [6.07, 6.45) is 0.353. The Morgan fingerprint density at radius 1 is 1.30 bits per heavy atom. The Morgan fingerprint density at radius 2 is 2.13 bits per heavy atom. The molecule has 3 heterocycles. The zero-order chi connectivity index (χ0) is 21.3. The molecule has 8 nitrogen and oxygen atoms in total. The number of carboxylic acid groups (broad SMARTS) is 1. The lowest BCUT2D eigenvalue weighted by molar-refractivity contribution is -0.148. The van der Waals surface area contributed by atoms with Crippen molar-refractivity contribution in [3.05, 3.63) is 46.2 Å². The number of ether oxygens (including phenoxy) is 2. The van der Waals surface area contributed by atoms with Crippen LogP contribution in [0.4, 0.5) is 5.69 Å². The van der Waals surface area contributed by atoms with Gasteiger partial charge in [0.25, 0.3) is 11.8 Å². The molecule has 30 heavy (non-hydrogen) atoms. The Bertz CT molecular complexity index is 960. The molecule has 1 saturated heterocycles. The third-order valence-corrected chi connectivity index (χ3v) is 6.29. The number of carboxylic acids is 1. The van der Waals surface area contributed by atoms with E-state index in [2.05, 4.69) is 5.32 Å². The van der Waals surface area contributed by atoms with E-state index in [9.17, 15) is 14.4 Å². The van der Waals surface area contributed by atoms with Crippen LogP contribution in [0.15, 0.2) is 35.7 Å². The molecule has 0 bridgehead atoms. The van der Waals surface area contributed by atoms with Crippen molar-refractivity contribution < 1.29 is 29.0 Å². The Morgan fingerprint density at radius 3 is 2.87 bits per heavy atom. The van der Waals surface area contributed by atoms with Crippen molar-refractivity contribution in [2.75, 3.05) is 19.0 Å². The normalized spacial score (nSPS) is 23.4. The summed E-state index contributed by atoms with van der Waals surface area (Å²) in [4.78, 5) is 38.7. The number of nitrogens with zero attached hydrogens (tertiary/aromatic N) is 1. The quantitative estimate of drug-likeness (QED) is 0.773. The second kappa shape index (κ2) is 8.45. The van der Waals surface area contributed by atoms with Crippen LogP contribution in [0, 0.1) is 0 Å². The van der Waals surface area contributed by atoms with Gasteiger partial charge in [-0.25, -0.2) is 0 Å². The molecule has 1 fully saturated rings. The monoisotopic (exact) mass is 430 g/mol. The summed E-state index contributed by atoms with van der Waals surface area (Å²) < 4.78 is 11.8. The topological polar surface area (TPSA) is 105 Å². The molecule has 0 spiro atoms. The highest BCUT2D eigenvalue weighted by Gasteiger charge is 2.39. The van der Waals surface area contributed by atoms with Gasteiger partial charge in [-0.2, -0.15) is 0 Å². The van der Waals surface area contributed by atoms with Crippen molar-refractivity contribution in [2.45, 2.75) is 37.5 Å².